The van der Waals surface area contributed by atoms with E-state index in [1.165, 1.54) is 7.11 Å². The van der Waals surface area contributed by atoms with Crippen LogP contribution in [-0.4, -0.2) is 26.2 Å². The lowest BCUT2D eigenvalue weighted by molar-refractivity contribution is 0.0596. The molecule has 0 radical (unpaired) electrons. The molecule has 0 unspecified atom stereocenters. The van der Waals surface area contributed by atoms with Crippen LogP contribution in [0.2, 0.25) is 0 Å². The Morgan fingerprint density at radius 1 is 1.50 bits per heavy atom. The molecule has 0 atom stereocenters. The fourth-order valence-corrected chi connectivity index (χ4v) is 1.61. The molecule has 1 aliphatic rings. The van der Waals surface area contributed by atoms with Gasteiger partial charge in [-0.15, -0.1) is 12.4 Å². The van der Waals surface area contributed by atoms with Crippen LogP contribution in [0.5, 0.6) is 5.75 Å². The maximum Gasteiger partial charge on any atom is 0.341 e. The molecule has 0 spiro atoms. The number of hydrogen-bond acceptors (Lipinski definition) is 4. The summed E-state index contributed by atoms with van der Waals surface area (Å²) >= 11 is 0. The molecular formula is C11H14ClNO3. The molecule has 4 nitrogen and oxygen atoms in total. The topological polar surface area (TPSA) is 47.6 Å². The smallest absolute Gasteiger partial charge is 0.341 e. The second kappa shape index (κ2) is 5.72. The quantitative estimate of drug-likeness (QED) is 0.757. The maximum absolute atomic E-state index is 11.5. The Morgan fingerprint density at radius 3 is 3.06 bits per heavy atom. The van der Waals surface area contributed by atoms with Crippen molar-refractivity contribution in [2.75, 3.05) is 20.3 Å². The van der Waals surface area contributed by atoms with Gasteiger partial charge in [-0.1, -0.05) is 12.1 Å². The third-order valence-electron chi connectivity index (χ3n) is 2.34. The molecule has 5 heteroatoms. The van der Waals surface area contributed by atoms with Crippen LogP contribution in [0.4, 0.5) is 0 Å². The zero-order valence-corrected chi connectivity index (χ0v) is 9.80. The Morgan fingerprint density at radius 2 is 2.31 bits per heavy atom. The number of para-hydroxylation sites is 1. The SMILES string of the molecule is COC(=O)c1cccc2c1OCCNC2.Cl. The first-order chi connectivity index (χ1) is 7.33. The minimum absolute atomic E-state index is 0. The van der Waals surface area contributed by atoms with Crippen molar-refractivity contribution >= 4 is 18.4 Å². The average Bonchev–Trinajstić information content (AvgIpc) is 2.52. The van der Waals surface area contributed by atoms with Gasteiger partial charge in [0.05, 0.1) is 7.11 Å². The molecule has 0 aliphatic carbocycles. The molecule has 0 bridgehead atoms. The molecule has 0 saturated carbocycles. The zero-order chi connectivity index (χ0) is 10.7. The predicted molar refractivity (Wildman–Crippen MR) is 62.2 cm³/mol. The van der Waals surface area contributed by atoms with Crippen LogP contribution in [0.1, 0.15) is 15.9 Å². The Bertz CT molecular complexity index is 381. The van der Waals surface area contributed by atoms with Crippen LogP contribution in [0.15, 0.2) is 18.2 Å². The summed E-state index contributed by atoms with van der Waals surface area (Å²) in [6, 6.07) is 5.50. The summed E-state index contributed by atoms with van der Waals surface area (Å²) in [5.74, 6) is 0.295. The van der Waals surface area contributed by atoms with Crippen LogP contribution in [0.25, 0.3) is 0 Å². The highest BCUT2D eigenvalue weighted by Crippen LogP contribution is 2.25. The van der Waals surface area contributed by atoms with E-state index in [0.29, 0.717) is 17.9 Å². The molecule has 1 aromatic rings. The van der Waals surface area contributed by atoms with Gasteiger partial charge in [-0.2, -0.15) is 0 Å². The first-order valence-corrected chi connectivity index (χ1v) is 4.86. The van der Waals surface area contributed by atoms with E-state index in [1.54, 1.807) is 6.07 Å². The summed E-state index contributed by atoms with van der Waals surface area (Å²) in [4.78, 5) is 11.5. The average molecular weight is 244 g/mol. The fraction of sp³-hybridized carbons (Fsp3) is 0.364. The van der Waals surface area contributed by atoms with E-state index in [1.807, 2.05) is 12.1 Å². The van der Waals surface area contributed by atoms with Crippen molar-refractivity contribution in [1.29, 1.82) is 0 Å². The van der Waals surface area contributed by atoms with Gasteiger partial charge in [-0.05, 0) is 6.07 Å². The summed E-state index contributed by atoms with van der Waals surface area (Å²) < 4.78 is 10.2. The Labute approximate surface area is 100 Å². The van der Waals surface area contributed by atoms with Crippen molar-refractivity contribution in [3.05, 3.63) is 29.3 Å². The summed E-state index contributed by atoms with van der Waals surface area (Å²) in [5, 5.41) is 3.21. The Kier molecular flexibility index (Phi) is 4.58. The molecule has 0 fully saturated rings. The van der Waals surface area contributed by atoms with Crippen LogP contribution < -0.4 is 10.1 Å². The van der Waals surface area contributed by atoms with Gasteiger partial charge in [0.2, 0.25) is 0 Å². The molecular weight excluding hydrogens is 230 g/mol. The van der Waals surface area contributed by atoms with Crippen molar-refractivity contribution in [2.24, 2.45) is 0 Å². The lowest BCUT2D eigenvalue weighted by Crippen LogP contribution is -2.16. The van der Waals surface area contributed by atoms with Crippen molar-refractivity contribution in [3.63, 3.8) is 0 Å². The van der Waals surface area contributed by atoms with Crippen molar-refractivity contribution < 1.29 is 14.3 Å². The summed E-state index contributed by atoms with van der Waals surface area (Å²) in [6.45, 7) is 2.08. The molecule has 16 heavy (non-hydrogen) atoms. The summed E-state index contributed by atoms with van der Waals surface area (Å²) in [6.07, 6.45) is 0. The highest BCUT2D eigenvalue weighted by atomic mass is 35.5. The van der Waals surface area contributed by atoms with Gasteiger partial charge in [-0.25, -0.2) is 4.79 Å². The van der Waals surface area contributed by atoms with E-state index < -0.39 is 0 Å². The molecule has 0 amide bonds. The molecule has 88 valence electrons. The van der Waals surface area contributed by atoms with E-state index in [0.717, 1.165) is 18.7 Å². The van der Waals surface area contributed by atoms with Gasteiger partial charge >= 0.3 is 5.97 Å². The lowest BCUT2D eigenvalue weighted by atomic mass is 10.1. The van der Waals surface area contributed by atoms with Gasteiger partial charge in [0.1, 0.15) is 17.9 Å². The minimum Gasteiger partial charge on any atom is -0.491 e. The first-order valence-electron chi connectivity index (χ1n) is 4.86. The lowest BCUT2D eigenvalue weighted by Gasteiger charge is -2.10. The Balaban J connectivity index is 0.00000128. The van der Waals surface area contributed by atoms with Crippen molar-refractivity contribution in [1.82, 2.24) is 5.32 Å². The largest absolute Gasteiger partial charge is 0.491 e. The molecule has 1 aliphatic heterocycles. The van der Waals surface area contributed by atoms with Gasteiger partial charge < -0.3 is 14.8 Å². The van der Waals surface area contributed by atoms with Gasteiger partial charge in [0.15, 0.2) is 0 Å². The number of carbonyl (C=O) groups excluding carboxylic acids is 1. The number of fused-ring (bicyclic) bond motifs is 1. The third kappa shape index (κ3) is 2.46. The number of benzene rings is 1. The number of rotatable bonds is 1. The zero-order valence-electron chi connectivity index (χ0n) is 8.99. The molecule has 1 N–H and O–H groups in total. The van der Waals surface area contributed by atoms with E-state index in [4.69, 9.17) is 9.47 Å². The summed E-state index contributed by atoms with van der Waals surface area (Å²) in [5.41, 5.74) is 1.49. The number of hydrogen-bond donors (Lipinski definition) is 1. The molecule has 0 saturated heterocycles. The van der Waals surface area contributed by atoms with Gasteiger partial charge in [0.25, 0.3) is 0 Å². The van der Waals surface area contributed by atoms with Crippen LogP contribution in [0.3, 0.4) is 0 Å². The van der Waals surface area contributed by atoms with Crippen molar-refractivity contribution in [2.45, 2.75) is 6.54 Å². The Hall–Kier alpha value is -1.26. The molecule has 1 heterocycles. The molecule has 0 aromatic heterocycles. The van der Waals surface area contributed by atoms with Gasteiger partial charge in [0, 0.05) is 18.7 Å². The van der Waals surface area contributed by atoms with Crippen molar-refractivity contribution in [3.8, 4) is 5.75 Å². The first kappa shape index (κ1) is 12.8. The van der Waals surface area contributed by atoms with E-state index in [9.17, 15) is 4.79 Å². The van der Waals surface area contributed by atoms with Gasteiger partial charge in [-0.3, -0.25) is 0 Å². The third-order valence-corrected chi connectivity index (χ3v) is 2.34. The number of esters is 1. The van der Waals surface area contributed by atoms with E-state index in [2.05, 4.69) is 5.32 Å². The molecule has 1 aromatic carbocycles. The highest BCUT2D eigenvalue weighted by molar-refractivity contribution is 5.93. The molecule has 2 rings (SSSR count). The second-order valence-corrected chi connectivity index (χ2v) is 3.31. The predicted octanol–water partition coefficient (Wildman–Crippen LogP) is 1.38. The van der Waals surface area contributed by atoms with E-state index >= 15 is 0 Å². The number of halogens is 1. The van der Waals surface area contributed by atoms with Crippen LogP contribution in [0, 0.1) is 0 Å². The normalized spacial score (nSPS) is 13.8. The maximum atomic E-state index is 11.5. The number of ether oxygens (including phenoxy) is 2. The fourth-order valence-electron chi connectivity index (χ4n) is 1.61. The summed E-state index contributed by atoms with van der Waals surface area (Å²) in [7, 11) is 1.37. The van der Waals surface area contributed by atoms with Crippen LogP contribution >= 0.6 is 12.4 Å². The monoisotopic (exact) mass is 243 g/mol. The number of nitrogens with one attached hydrogen (secondary N) is 1. The standard InChI is InChI=1S/C11H13NO3.ClH/c1-14-11(13)9-4-2-3-8-7-12-5-6-15-10(8)9;/h2-4,12H,5-7H2,1H3;1H. The van der Waals surface area contributed by atoms with E-state index in [-0.39, 0.29) is 18.4 Å². The number of methoxy groups -OCH3 is 1. The van der Waals surface area contributed by atoms with Crippen LogP contribution in [-0.2, 0) is 11.3 Å². The highest BCUT2D eigenvalue weighted by Gasteiger charge is 2.17. The second-order valence-electron chi connectivity index (χ2n) is 3.31. The number of carbonyl (C=O) groups is 1. The minimum atomic E-state index is -0.353.